The van der Waals surface area contributed by atoms with Crippen LogP contribution in [-0.4, -0.2) is 17.6 Å². The van der Waals surface area contributed by atoms with Crippen molar-refractivity contribution in [2.45, 2.75) is 19.4 Å². The Labute approximate surface area is 162 Å². The third-order valence-electron chi connectivity index (χ3n) is 4.69. The molecular formula is C23H21NO2S. The Morgan fingerprint density at radius 2 is 1.63 bits per heavy atom. The first-order valence-corrected chi connectivity index (χ1v) is 9.95. The zero-order valence-electron chi connectivity index (χ0n) is 14.9. The van der Waals surface area contributed by atoms with E-state index in [2.05, 4.69) is 72.0 Å². The highest BCUT2D eigenvalue weighted by Crippen LogP contribution is 2.31. The first kappa shape index (κ1) is 17.7. The van der Waals surface area contributed by atoms with Crippen molar-refractivity contribution < 1.29 is 9.90 Å². The lowest BCUT2D eigenvalue weighted by Gasteiger charge is -2.04. The van der Waals surface area contributed by atoms with E-state index in [4.69, 9.17) is 5.11 Å². The minimum atomic E-state index is -0.736. The van der Waals surface area contributed by atoms with Crippen molar-refractivity contribution in [1.29, 1.82) is 0 Å². The number of carboxylic acids is 1. The van der Waals surface area contributed by atoms with E-state index in [1.165, 1.54) is 36.9 Å². The topological polar surface area (TPSA) is 49.3 Å². The van der Waals surface area contributed by atoms with Gasteiger partial charge in [0.15, 0.2) is 0 Å². The van der Waals surface area contributed by atoms with E-state index < -0.39 is 5.97 Å². The van der Waals surface area contributed by atoms with Gasteiger partial charge >= 0.3 is 5.97 Å². The van der Waals surface area contributed by atoms with Crippen LogP contribution in [0, 0.1) is 0 Å². The molecule has 0 bridgehead atoms. The molecule has 3 nitrogen and oxygen atoms in total. The molecule has 27 heavy (non-hydrogen) atoms. The smallest absolute Gasteiger partial charge is 0.303 e. The van der Waals surface area contributed by atoms with Crippen molar-refractivity contribution in [1.82, 2.24) is 5.32 Å². The summed E-state index contributed by atoms with van der Waals surface area (Å²) >= 11 is 1.79. The van der Waals surface area contributed by atoms with Crippen molar-refractivity contribution in [3.05, 3.63) is 71.6 Å². The van der Waals surface area contributed by atoms with Crippen LogP contribution in [0.4, 0.5) is 0 Å². The van der Waals surface area contributed by atoms with Crippen LogP contribution in [0.3, 0.4) is 0 Å². The summed E-state index contributed by atoms with van der Waals surface area (Å²) in [5.74, 6) is -0.736. The highest BCUT2D eigenvalue weighted by Gasteiger charge is 2.05. The molecule has 0 amide bonds. The fraction of sp³-hybridized carbons (Fsp3) is 0.174. The molecule has 0 aliphatic carbocycles. The maximum absolute atomic E-state index is 10.5. The summed E-state index contributed by atoms with van der Waals surface area (Å²) in [5, 5.41) is 15.8. The van der Waals surface area contributed by atoms with Crippen LogP contribution < -0.4 is 5.32 Å². The summed E-state index contributed by atoms with van der Waals surface area (Å²) in [7, 11) is 0. The van der Waals surface area contributed by atoms with Crippen LogP contribution >= 0.6 is 11.3 Å². The largest absolute Gasteiger partial charge is 0.481 e. The molecular weight excluding hydrogens is 354 g/mol. The molecule has 0 aliphatic rings. The summed E-state index contributed by atoms with van der Waals surface area (Å²) < 4.78 is 1.28. The molecule has 0 atom stereocenters. The predicted molar refractivity (Wildman–Crippen MR) is 113 cm³/mol. The Morgan fingerprint density at radius 3 is 2.44 bits per heavy atom. The normalized spacial score (nSPS) is 11.3. The average molecular weight is 375 g/mol. The molecule has 0 aliphatic heterocycles. The number of hydrogen-bond donors (Lipinski definition) is 2. The maximum Gasteiger partial charge on any atom is 0.303 e. The van der Waals surface area contributed by atoms with E-state index in [1.54, 1.807) is 11.3 Å². The quantitative estimate of drug-likeness (QED) is 0.409. The summed E-state index contributed by atoms with van der Waals surface area (Å²) in [6.07, 6.45) is 0.876. The number of rotatable bonds is 7. The summed E-state index contributed by atoms with van der Waals surface area (Å²) in [4.78, 5) is 11.8. The number of nitrogens with one attached hydrogen (secondary N) is 1. The van der Waals surface area contributed by atoms with Gasteiger partial charge in [-0.1, -0.05) is 42.5 Å². The molecule has 2 N–H and O–H groups in total. The van der Waals surface area contributed by atoms with E-state index >= 15 is 0 Å². The second kappa shape index (κ2) is 7.91. The molecule has 4 aromatic rings. The summed E-state index contributed by atoms with van der Waals surface area (Å²) in [5.41, 5.74) is 2.46. The Hall–Kier alpha value is -2.69. The molecule has 3 aromatic carbocycles. The minimum Gasteiger partial charge on any atom is -0.481 e. The third-order valence-corrected chi connectivity index (χ3v) is 5.81. The maximum atomic E-state index is 10.5. The van der Waals surface area contributed by atoms with E-state index in [1.807, 2.05) is 0 Å². The molecule has 1 aromatic heterocycles. The lowest BCUT2D eigenvalue weighted by Crippen LogP contribution is -2.14. The van der Waals surface area contributed by atoms with Gasteiger partial charge in [-0.25, -0.2) is 0 Å². The molecule has 0 radical (unpaired) electrons. The fourth-order valence-corrected chi connectivity index (χ4v) is 4.32. The van der Waals surface area contributed by atoms with Crippen LogP contribution in [0.25, 0.3) is 32.0 Å². The first-order valence-electron chi connectivity index (χ1n) is 9.13. The Kier molecular flexibility index (Phi) is 5.19. The molecule has 0 saturated carbocycles. The number of carboxylic acid groups (broad SMARTS) is 1. The van der Waals surface area contributed by atoms with E-state index in [-0.39, 0.29) is 6.42 Å². The van der Waals surface area contributed by atoms with E-state index in [0.717, 1.165) is 13.1 Å². The van der Waals surface area contributed by atoms with Crippen molar-refractivity contribution in [3.63, 3.8) is 0 Å². The van der Waals surface area contributed by atoms with Gasteiger partial charge in [-0.3, -0.25) is 4.79 Å². The van der Waals surface area contributed by atoms with Crippen LogP contribution in [0.15, 0.2) is 66.7 Å². The standard InChI is InChI=1S/C23H21NO2S/c25-23(26)6-3-11-24-15-21-14-20-13-19(9-10-22(20)27-21)18-8-7-16-4-1-2-5-17(16)12-18/h1-2,4-5,7-10,12-14,24H,3,6,11,15H2,(H,25,26). The molecule has 0 saturated heterocycles. The van der Waals surface area contributed by atoms with Gasteiger partial charge in [-0.05, 0) is 64.5 Å². The first-order chi connectivity index (χ1) is 13.2. The monoisotopic (exact) mass is 375 g/mol. The van der Waals surface area contributed by atoms with Gasteiger partial charge in [-0.15, -0.1) is 11.3 Å². The van der Waals surface area contributed by atoms with Gasteiger partial charge in [0, 0.05) is 22.5 Å². The predicted octanol–water partition coefficient (Wildman–Crippen LogP) is 5.68. The van der Waals surface area contributed by atoms with Crippen molar-refractivity contribution >= 4 is 38.2 Å². The van der Waals surface area contributed by atoms with Gasteiger partial charge in [0.25, 0.3) is 0 Å². The number of thiophene rings is 1. The summed E-state index contributed by atoms with van der Waals surface area (Å²) in [6, 6.07) is 23.9. The molecule has 0 fully saturated rings. The molecule has 1 heterocycles. The summed E-state index contributed by atoms with van der Waals surface area (Å²) in [6.45, 7) is 1.51. The van der Waals surface area contributed by atoms with Crippen molar-refractivity contribution in [2.75, 3.05) is 6.54 Å². The molecule has 0 unspecified atom stereocenters. The highest BCUT2D eigenvalue weighted by molar-refractivity contribution is 7.19. The Morgan fingerprint density at radius 1 is 0.889 bits per heavy atom. The van der Waals surface area contributed by atoms with Gasteiger partial charge in [0.1, 0.15) is 0 Å². The van der Waals surface area contributed by atoms with Crippen LogP contribution in [-0.2, 0) is 11.3 Å². The molecule has 0 spiro atoms. The second-order valence-corrected chi connectivity index (χ2v) is 7.87. The molecule has 4 rings (SSSR count). The average Bonchev–Trinajstić information content (AvgIpc) is 3.09. The Balaban J connectivity index is 1.50. The zero-order chi connectivity index (χ0) is 18.6. The number of hydrogen-bond acceptors (Lipinski definition) is 3. The minimum absolute atomic E-state index is 0.217. The van der Waals surface area contributed by atoms with Gasteiger partial charge in [0.05, 0.1) is 0 Å². The van der Waals surface area contributed by atoms with E-state index in [9.17, 15) is 4.79 Å². The zero-order valence-corrected chi connectivity index (χ0v) is 15.8. The number of benzene rings is 3. The van der Waals surface area contributed by atoms with Crippen LogP contribution in [0.1, 0.15) is 17.7 Å². The fourth-order valence-electron chi connectivity index (χ4n) is 3.31. The Bertz CT molecular complexity index is 1100. The lowest BCUT2D eigenvalue weighted by molar-refractivity contribution is -0.137. The van der Waals surface area contributed by atoms with Crippen molar-refractivity contribution in [3.8, 4) is 11.1 Å². The lowest BCUT2D eigenvalue weighted by atomic mass is 10.0. The number of carbonyl (C=O) groups is 1. The number of aliphatic carboxylic acids is 1. The number of fused-ring (bicyclic) bond motifs is 2. The van der Waals surface area contributed by atoms with Crippen LogP contribution in [0.2, 0.25) is 0 Å². The van der Waals surface area contributed by atoms with E-state index in [0.29, 0.717) is 6.42 Å². The highest BCUT2D eigenvalue weighted by atomic mass is 32.1. The van der Waals surface area contributed by atoms with Crippen molar-refractivity contribution in [2.24, 2.45) is 0 Å². The third kappa shape index (κ3) is 4.18. The molecule has 136 valence electrons. The molecule has 4 heteroatoms. The van der Waals surface area contributed by atoms with Gasteiger partial charge < -0.3 is 10.4 Å². The SMILES string of the molecule is O=C(O)CCCNCc1cc2cc(-c3ccc4ccccc4c3)ccc2s1. The van der Waals surface area contributed by atoms with Gasteiger partial charge in [-0.2, -0.15) is 0 Å². The second-order valence-electron chi connectivity index (χ2n) is 6.70. The van der Waals surface area contributed by atoms with Crippen LogP contribution in [0.5, 0.6) is 0 Å². The van der Waals surface area contributed by atoms with Gasteiger partial charge in [0.2, 0.25) is 0 Å².